The number of phosphoric acid groups is 2. The number of hydrogen-bond donors (Lipinski definition) is 3. The Hall–Kier alpha value is -6.10. The molecule has 112 heavy (non-hydrogen) atoms. The highest BCUT2D eigenvalue weighted by Gasteiger charge is 2.30. The van der Waals surface area contributed by atoms with Crippen LogP contribution in [0.4, 0.5) is 0 Å². The van der Waals surface area contributed by atoms with E-state index in [9.17, 15) is 43.2 Å². The van der Waals surface area contributed by atoms with Crippen molar-refractivity contribution in [2.45, 2.75) is 329 Å². The van der Waals surface area contributed by atoms with Crippen molar-refractivity contribution in [3.8, 4) is 0 Å². The minimum absolute atomic E-state index is 0.0392. The highest BCUT2D eigenvalue weighted by molar-refractivity contribution is 7.47. The molecule has 0 spiro atoms. The molecule has 0 aliphatic rings. The van der Waals surface area contributed by atoms with Gasteiger partial charge in [-0.05, 0) is 173 Å². The zero-order chi connectivity index (χ0) is 81.7. The van der Waals surface area contributed by atoms with Crippen molar-refractivity contribution in [3.05, 3.63) is 194 Å². The predicted octanol–water partition coefficient (Wildman–Crippen LogP) is 25.7. The van der Waals surface area contributed by atoms with Crippen molar-refractivity contribution in [1.82, 2.24) is 0 Å². The van der Waals surface area contributed by atoms with Crippen LogP contribution >= 0.6 is 15.6 Å². The molecule has 0 aliphatic heterocycles. The monoisotopic (exact) mass is 1600 g/mol. The third-order valence-electron chi connectivity index (χ3n) is 17.0. The Balaban J connectivity index is 5.58. The van der Waals surface area contributed by atoms with E-state index in [1.807, 2.05) is 36.5 Å². The maximum atomic E-state index is 13.1. The molecule has 19 heteroatoms. The van der Waals surface area contributed by atoms with Gasteiger partial charge in [0.05, 0.1) is 26.4 Å². The quantitative estimate of drug-likeness (QED) is 0.0169. The maximum absolute atomic E-state index is 13.1. The van der Waals surface area contributed by atoms with Crippen LogP contribution in [-0.2, 0) is 65.4 Å². The fourth-order valence-electron chi connectivity index (χ4n) is 10.6. The fraction of sp³-hybridized carbons (Fsp3) is 0.613. The van der Waals surface area contributed by atoms with Crippen LogP contribution in [0.1, 0.15) is 310 Å². The predicted molar refractivity (Wildman–Crippen MR) is 463 cm³/mol. The van der Waals surface area contributed by atoms with Gasteiger partial charge in [0.25, 0.3) is 0 Å². The Morgan fingerprint density at radius 3 is 0.786 bits per heavy atom. The molecule has 17 nitrogen and oxygen atoms in total. The smallest absolute Gasteiger partial charge is 0.462 e. The summed E-state index contributed by atoms with van der Waals surface area (Å²) in [5.41, 5.74) is 0. The van der Waals surface area contributed by atoms with Gasteiger partial charge in [-0.25, -0.2) is 9.13 Å². The van der Waals surface area contributed by atoms with Gasteiger partial charge < -0.3 is 33.8 Å². The molecule has 0 fully saturated rings. The normalized spacial score (nSPS) is 14.7. The first-order valence-corrected chi connectivity index (χ1v) is 45.7. The minimum atomic E-state index is -5.03. The molecule has 2 unspecified atom stereocenters. The minimum Gasteiger partial charge on any atom is -0.462 e. The van der Waals surface area contributed by atoms with Gasteiger partial charge in [0, 0.05) is 25.7 Å². The van der Waals surface area contributed by atoms with E-state index < -0.39 is 97.5 Å². The van der Waals surface area contributed by atoms with Crippen molar-refractivity contribution >= 4 is 39.5 Å². The third kappa shape index (κ3) is 81.9. The molecule has 634 valence electrons. The highest BCUT2D eigenvalue weighted by Crippen LogP contribution is 2.45. The number of phosphoric ester groups is 2. The van der Waals surface area contributed by atoms with Gasteiger partial charge in [-0.3, -0.25) is 37.3 Å². The summed E-state index contributed by atoms with van der Waals surface area (Å²) in [6.45, 7) is 4.48. The van der Waals surface area contributed by atoms with Crippen LogP contribution in [-0.4, -0.2) is 96.7 Å². The number of ether oxygens (including phenoxy) is 4. The second-order valence-corrected chi connectivity index (χ2v) is 30.6. The second kappa shape index (κ2) is 82.9. The molecule has 0 aromatic heterocycles. The van der Waals surface area contributed by atoms with Crippen molar-refractivity contribution in [1.29, 1.82) is 0 Å². The van der Waals surface area contributed by atoms with Crippen molar-refractivity contribution < 1.29 is 80.2 Å². The molecular formula is C93H150O17P2. The average molecular weight is 1600 g/mol. The summed E-state index contributed by atoms with van der Waals surface area (Å²) in [6, 6.07) is 0. The molecule has 0 aromatic carbocycles. The molecule has 0 radical (unpaired) electrons. The van der Waals surface area contributed by atoms with Crippen LogP contribution in [0.3, 0.4) is 0 Å². The molecule has 0 amide bonds. The van der Waals surface area contributed by atoms with Gasteiger partial charge >= 0.3 is 39.5 Å². The van der Waals surface area contributed by atoms with Crippen molar-refractivity contribution in [2.24, 2.45) is 0 Å². The molecule has 0 rings (SSSR count). The van der Waals surface area contributed by atoms with Crippen molar-refractivity contribution in [2.75, 3.05) is 39.6 Å². The van der Waals surface area contributed by atoms with E-state index >= 15 is 0 Å². The molecule has 0 aromatic rings. The summed E-state index contributed by atoms with van der Waals surface area (Å²) < 4.78 is 68.6. The Bertz CT molecular complexity index is 2890. The first-order chi connectivity index (χ1) is 54.7. The zero-order valence-electron chi connectivity index (χ0n) is 69.5. The molecule has 3 N–H and O–H groups in total. The summed E-state index contributed by atoms with van der Waals surface area (Å²) in [4.78, 5) is 73.2. The maximum Gasteiger partial charge on any atom is 0.472 e. The van der Waals surface area contributed by atoms with E-state index in [0.717, 1.165) is 141 Å². The third-order valence-corrected chi connectivity index (χ3v) is 18.9. The molecule has 0 saturated heterocycles. The van der Waals surface area contributed by atoms with E-state index in [0.29, 0.717) is 38.5 Å². The van der Waals surface area contributed by atoms with Crippen LogP contribution in [0.2, 0.25) is 0 Å². The van der Waals surface area contributed by atoms with E-state index in [1.165, 1.54) is 77.0 Å². The van der Waals surface area contributed by atoms with Crippen molar-refractivity contribution in [3.63, 3.8) is 0 Å². The zero-order valence-corrected chi connectivity index (χ0v) is 71.3. The van der Waals surface area contributed by atoms with Gasteiger partial charge in [0.15, 0.2) is 12.2 Å². The number of carbonyl (C=O) groups is 4. The first kappa shape index (κ1) is 106. The number of allylic oxidation sites excluding steroid dienone is 32. The Morgan fingerprint density at radius 2 is 0.482 bits per heavy atom. The number of rotatable bonds is 78. The van der Waals surface area contributed by atoms with Crippen LogP contribution in [0.25, 0.3) is 0 Å². The first-order valence-electron chi connectivity index (χ1n) is 42.7. The summed E-state index contributed by atoms with van der Waals surface area (Å²) in [7, 11) is -10.0. The highest BCUT2D eigenvalue weighted by atomic mass is 31.2. The Kier molecular flexibility index (Phi) is 78.4. The van der Waals surface area contributed by atoms with E-state index in [-0.39, 0.29) is 25.7 Å². The Labute approximate surface area is 678 Å². The Morgan fingerprint density at radius 1 is 0.259 bits per heavy atom. The second-order valence-electron chi connectivity index (χ2n) is 27.7. The lowest BCUT2D eigenvalue weighted by Crippen LogP contribution is -2.30. The lowest BCUT2D eigenvalue weighted by atomic mass is 10.1. The number of aliphatic hydroxyl groups excluding tert-OH is 1. The van der Waals surface area contributed by atoms with Crippen LogP contribution in [0, 0.1) is 0 Å². The van der Waals surface area contributed by atoms with Crippen LogP contribution < -0.4 is 0 Å². The number of aliphatic hydroxyl groups is 1. The number of esters is 4. The van der Waals surface area contributed by atoms with Gasteiger partial charge in [-0.1, -0.05) is 306 Å². The molecule has 5 atom stereocenters. The topological polar surface area (TPSA) is 237 Å². The lowest BCUT2D eigenvalue weighted by Gasteiger charge is -2.21. The largest absolute Gasteiger partial charge is 0.472 e. The van der Waals surface area contributed by atoms with E-state index in [2.05, 4.69) is 186 Å². The van der Waals surface area contributed by atoms with E-state index in [1.54, 1.807) is 0 Å². The van der Waals surface area contributed by atoms with Crippen LogP contribution in [0.15, 0.2) is 194 Å². The number of hydrogen-bond acceptors (Lipinski definition) is 15. The molecular weight excluding hydrogens is 1450 g/mol. The standard InChI is InChI=1S/C93H150O17P2/c1-5-9-13-17-21-25-29-33-37-40-43-46-50-54-58-62-66-70-74-78-91(96)104-84-89(110-93(98)80-76-72-68-64-60-56-52-48-45-42-39-35-31-27-23-19-15-11-7-3)86-108-112(101,102)106-82-87(94)81-105-111(99,100)107-85-88(83-103-90(95)77-73-69-65-61-57-53-49-36-32-28-24-20-16-12-8-4)109-92(97)79-75-71-67-63-59-55-51-47-44-41-38-34-30-26-22-18-14-10-6-2/h9,13,21-23,25-27,33-39,43-49,54-56,58-60,67-68,71-72,87-89,94H,5-8,10-12,14-20,24,28-32,40-42,50-53,57,61-66,69-70,73-86H2,1-4H3,(H,99,100)(H,101,102)/b13-9-,25-21-,26-22-,27-23-,37-33-,38-34-,39-35-,46-43-,47-44-,48-45-,49-36-,58-54-,59-55-,60-56-,71-67-,72-68-/t87-,88+,89+/m0/s1. The van der Waals surface area contributed by atoms with Gasteiger partial charge in [-0.15, -0.1) is 0 Å². The number of unbranched alkanes of at least 4 members (excludes halogenated alkanes) is 20. The average Bonchev–Trinajstić information content (AvgIpc) is 0.908. The molecule has 0 heterocycles. The molecule has 0 aliphatic carbocycles. The van der Waals surface area contributed by atoms with Crippen LogP contribution in [0.5, 0.6) is 0 Å². The molecule has 0 saturated carbocycles. The summed E-state index contributed by atoms with van der Waals surface area (Å²) in [5, 5.41) is 10.7. The SMILES string of the molecule is CC/C=C\C/C=C\C/C=C\C/C=C\C/C=C\CCCCCC(=O)OC[C@H](COP(=O)(O)OC[C@@H](O)COP(=O)(O)OC[C@@H](COC(=O)CCCCCCC/C=C\CCCCCCCC)OC(=O)CC/C=C\C/C=C\C/C=C\C/C=C\C/C=C\CCCCC)OC(=O)CC/C=C\C/C=C\C/C=C\C/C=C\C/C=C\CCCCC. The van der Waals surface area contributed by atoms with Gasteiger partial charge in [0.2, 0.25) is 0 Å². The fourth-order valence-corrected chi connectivity index (χ4v) is 12.1. The number of carbonyl (C=O) groups excluding carboxylic acids is 4. The van der Waals surface area contributed by atoms with E-state index in [4.69, 9.17) is 37.0 Å². The summed E-state index contributed by atoms with van der Waals surface area (Å²) in [5.74, 6) is -2.43. The van der Waals surface area contributed by atoms with Gasteiger partial charge in [0.1, 0.15) is 19.3 Å². The summed E-state index contributed by atoms with van der Waals surface area (Å²) in [6.07, 6.45) is 103. The van der Waals surface area contributed by atoms with Gasteiger partial charge in [-0.2, -0.15) is 0 Å². The lowest BCUT2D eigenvalue weighted by molar-refractivity contribution is -0.161. The summed E-state index contributed by atoms with van der Waals surface area (Å²) >= 11 is 0. The molecule has 0 bridgehead atoms.